The molecule has 0 saturated carbocycles. The average Bonchev–Trinajstić information content (AvgIpc) is 2.68. The summed E-state index contributed by atoms with van der Waals surface area (Å²) in [5.41, 5.74) is 2.66. The standard InChI is InChI=1S/C15H12O2/c16-14-8-4-3-7-12(14)13-9-15(17)11-6-2-1-5-10(11)13/h1-8,13,16H,9H2. The van der Waals surface area contributed by atoms with Crippen LogP contribution >= 0.6 is 0 Å². The molecule has 0 heterocycles. The minimum atomic E-state index is -0.0000926. The second kappa shape index (κ2) is 3.74. The van der Waals surface area contributed by atoms with Crippen LogP contribution in [-0.4, -0.2) is 10.9 Å². The Kier molecular flexibility index (Phi) is 2.22. The van der Waals surface area contributed by atoms with Crippen molar-refractivity contribution in [1.29, 1.82) is 0 Å². The quantitative estimate of drug-likeness (QED) is 0.808. The van der Waals surface area contributed by atoms with Crippen LogP contribution in [0, 0.1) is 0 Å². The smallest absolute Gasteiger partial charge is 0.164 e. The van der Waals surface area contributed by atoms with Gasteiger partial charge < -0.3 is 5.11 Å². The number of fused-ring (bicyclic) bond motifs is 1. The number of rotatable bonds is 1. The number of carbonyl (C=O) groups excluding carboxylic acids is 1. The summed E-state index contributed by atoms with van der Waals surface area (Å²) in [6.07, 6.45) is 0.455. The molecule has 0 radical (unpaired) electrons. The van der Waals surface area contributed by atoms with Crippen LogP contribution in [0.25, 0.3) is 0 Å². The van der Waals surface area contributed by atoms with E-state index in [2.05, 4.69) is 0 Å². The van der Waals surface area contributed by atoms with Gasteiger partial charge in [0.05, 0.1) is 0 Å². The van der Waals surface area contributed by atoms with E-state index < -0.39 is 0 Å². The van der Waals surface area contributed by atoms with Gasteiger partial charge in [0, 0.05) is 23.5 Å². The molecule has 2 heteroatoms. The van der Waals surface area contributed by atoms with Gasteiger partial charge in [0.1, 0.15) is 5.75 Å². The minimum Gasteiger partial charge on any atom is -0.508 e. The lowest BCUT2D eigenvalue weighted by molar-refractivity contribution is 0.0991. The van der Waals surface area contributed by atoms with Crippen molar-refractivity contribution in [3.8, 4) is 5.75 Å². The third-order valence-electron chi connectivity index (χ3n) is 3.34. The zero-order chi connectivity index (χ0) is 11.8. The van der Waals surface area contributed by atoms with Crippen molar-refractivity contribution in [3.63, 3.8) is 0 Å². The van der Waals surface area contributed by atoms with Gasteiger partial charge in [-0.05, 0) is 11.6 Å². The number of phenolic OH excluding ortho intramolecular Hbond substituents is 1. The molecule has 0 bridgehead atoms. The minimum absolute atomic E-state index is 0.0000926. The Balaban J connectivity index is 2.14. The number of ketones is 1. The molecule has 3 rings (SSSR count). The van der Waals surface area contributed by atoms with Crippen molar-refractivity contribution in [2.24, 2.45) is 0 Å². The molecule has 1 unspecified atom stereocenters. The molecule has 1 aliphatic rings. The van der Waals surface area contributed by atoms with Crippen LogP contribution in [0.3, 0.4) is 0 Å². The molecule has 17 heavy (non-hydrogen) atoms. The Morgan fingerprint density at radius 1 is 0.941 bits per heavy atom. The summed E-state index contributed by atoms with van der Waals surface area (Å²) < 4.78 is 0. The lowest BCUT2D eigenvalue weighted by Gasteiger charge is -2.12. The maximum absolute atomic E-state index is 11.9. The Labute approximate surface area is 99.5 Å². The molecule has 84 valence electrons. The van der Waals surface area contributed by atoms with Crippen LogP contribution in [-0.2, 0) is 0 Å². The first-order chi connectivity index (χ1) is 8.27. The van der Waals surface area contributed by atoms with Gasteiger partial charge in [-0.25, -0.2) is 0 Å². The van der Waals surface area contributed by atoms with E-state index in [1.807, 2.05) is 36.4 Å². The van der Waals surface area contributed by atoms with Crippen molar-refractivity contribution in [2.75, 3.05) is 0 Å². The summed E-state index contributed by atoms with van der Waals surface area (Å²) in [7, 11) is 0. The fourth-order valence-corrected chi connectivity index (χ4v) is 2.52. The van der Waals surface area contributed by atoms with Crippen molar-refractivity contribution >= 4 is 5.78 Å². The lowest BCUT2D eigenvalue weighted by Crippen LogP contribution is -1.96. The molecule has 0 aromatic heterocycles. The van der Waals surface area contributed by atoms with Gasteiger partial charge in [-0.2, -0.15) is 0 Å². The summed E-state index contributed by atoms with van der Waals surface area (Å²) in [5.74, 6) is 0.427. The number of benzene rings is 2. The van der Waals surface area contributed by atoms with E-state index in [0.29, 0.717) is 6.42 Å². The van der Waals surface area contributed by atoms with Gasteiger partial charge in [0.2, 0.25) is 0 Å². The lowest BCUT2D eigenvalue weighted by atomic mass is 9.92. The Bertz CT molecular complexity index is 587. The van der Waals surface area contributed by atoms with E-state index in [1.54, 1.807) is 12.1 Å². The number of para-hydroxylation sites is 1. The molecule has 1 atom stereocenters. The van der Waals surface area contributed by atoms with E-state index in [9.17, 15) is 9.90 Å². The van der Waals surface area contributed by atoms with Gasteiger partial charge in [-0.15, -0.1) is 0 Å². The highest BCUT2D eigenvalue weighted by atomic mass is 16.3. The van der Waals surface area contributed by atoms with Gasteiger partial charge >= 0.3 is 0 Å². The van der Waals surface area contributed by atoms with E-state index in [4.69, 9.17) is 0 Å². The largest absolute Gasteiger partial charge is 0.508 e. The summed E-state index contributed by atoms with van der Waals surface area (Å²) in [6.45, 7) is 0. The second-order valence-corrected chi connectivity index (χ2v) is 4.33. The molecule has 0 saturated heterocycles. The normalized spacial score (nSPS) is 18.1. The maximum Gasteiger partial charge on any atom is 0.164 e. The number of hydrogen-bond donors (Lipinski definition) is 1. The van der Waals surface area contributed by atoms with Crippen LogP contribution in [0.15, 0.2) is 48.5 Å². The Morgan fingerprint density at radius 2 is 1.59 bits per heavy atom. The van der Waals surface area contributed by atoms with Crippen LogP contribution in [0.5, 0.6) is 5.75 Å². The molecular formula is C15H12O2. The van der Waals surface area contributed by atoms with Crippen LogP contribution in [0.2, 0.25) is 0 Å². The highest BCUT2D eigenvalue weighted by Crippen LogP contribution is 2.40. The van der Waals surface area contributed by atoms with E-state index in [-0.39, 0.29) is 17.5 Å². The highest BCUT2D eigenvalue weighted by Gasteiger charge is 2.31. The zero-order valence-corrected chi connectivity index (χ0v) is 9.26. The highest BCUT2D eigenvalue weighted by molar-refractivity contribution is 6.02. The van der Waals surface area contributed by atoms with E-state index in [0.717, 1.165) is 16.7 Å². The zero-order valence-electron chi connectivity index (χ0n) is 9.26. The first-order valence-corrected chi connectivity index (χ1v) is 5.67. The van der Waals surface area contributed by atoms with Gasteiger partial charge in [0.25, 0.3) is 0 Å². The molecule has 0 spiro atoms. The number of Topliss-reactive ketones (excluding diaryl/α,β-unsaturated/α-hetero) is 1. The summed E-state index contributed by atoms with van der Waals surface area (Å²) in [6, 6.07) is 14.9. The molecule has 0 aliphatic heterocycles. The Morgan fingerprint density at radius 3 is 2.35 bits per heavy atom. The molecule has 1 N–H and O–H groups in total. The fourth-order valence-electron chi connectivity index (χ4n) is 2.52. The number of carbonyl (C=O) groups is 1. The average molecular weight is 224 g/mol. The number of hydrogen-bond acceptors (Lipinski definition) is 2. The topological polar surface area (TPSA) is 37.3 Å². The van der Waals surface area contributed by atoms with Crippen molar-refractivity contribution in [3.05, 3.63) is 65.2 Å². The van der Waals surface area contributed by atoms with Crippen molar-refractivity contribution in [1.82, 2.24) is 0 Å². The third kappa shape index (κ3) is 1.53. The molecule has 0 amide bonds. The van der Waals surface area contributed by atoms with Crippen LogP contribution in [0.1, 0.15) is 33.8 Å². The van der Waals surface area contributed by atoms with Crippen molar-refractivity contribution in [2.45, 2.75) is 12.3 Å². The predicted octanol–water partition coefficient (Wildman–Crippen LogP) is 3.11. The van der Waals surface area contributed by atoms with Gasteiger partial charge in [-0.1, -0.05) is 42.5 Å². The molecular weight excluding hydrogens is 212 g/mol. The fraction of sp³-hybridized carbons (Fsp3) is 0.133. The van der Waals surface area contributed by atoms with Crippen LogP contribution < -0.4 is 0 Å². The molecule has 0 fully saturated rings. The molecule has 2 aromatic carbocycles. The Hall–Kier alpha value is -2.09. The summed E-state index contributed by atoms with van der Waals surface area (Å²) in [4.78, 5) is 11.9. The van der Waals surface area contributed by atoms with Crippen molar-refractivity contribution < 1.29 is 9.90 Å². The molecule has 2 nitrogen and oxygen atoms in total. The van der Waals surface area contributed by atoms with E-state index in [1.165, 1.54) is 0 Å². The van der Waals surface area contributed by atoms with E-state index >= 15 is 0 Å². The third-order valence-corrected chi connectivity index (χ3v) is 3.34. The predicted molar refractivity (Wildman–Crippen MR) is 65.3 cm³/mol. The first kappa shape index (κ1) is 10.1. The maximum atomic E-state index is 11.9. The van der Waals surface area contributed by atoms with Gasteiger partial charge in [0.15, 0.2) is 5.78 Å². The van der Waals surface area contributed by atoms with Crippen LogP contribution in [0.4, 0.5) is 0 Å². The summed E-state index contributed by atoms with van der Waals surface area (Å²) >= 11 is 0. The molecule has 2 aromatic rings. The number of phenols is 1. The summed E-state index contributed by atoms with van der Waals surface area (Å²) in [5, 5.41) is 9.87. The second-order valence-electron chi connectivity index (χ2n) is 4.33. The molecule has 1 aliphatic carbocycles. The van der Waals surface area contributed by atoms with Gasteiger partial charge in [-0.3, -0.25) is 4.79 Å². The monoisotopic (exact) mass is 224 g/mol. The SMILES string of the molecule is O=C1CC(c2ccccc2O)c2ccccc21. The first-order valence-electron chi connectivity index (χ1n) is 5.67. The number of aromatic hydroxyl groups is 1.